The third kappa shape index (κ3) is 3.09. The zero-order valence-corrected chi connectivity index (χ0v) is 15.0. The van der Waals surface area contributed by atoms with Crippen LogP contribution >= 0.6 is 27.3 Å². The molecule has 7 heteroatoms. The van der Waals surface area contributed by atoms with Gasteiger partial charge < -0.3 is 10.1 Å². The Balaban J connectivity index is 1.45. The highest BCUT2D eigenvalue weighted by atomic mass is 79.9. The number of benzene rings is 1. The van der Waals surface area contributed by atoms with Gasteiger partial charge in [-0.25, -0.2) is 4.68 Å². The number of fused-ring (bicyclic) bond motifs is 1. The van der Waals surface area contributed by atoms with Gasteiger partial charge in [-0.2, -0.15) is 5.10 Å². The van der Waals surface area contributed by atoms with Crippen LogP contribution in [0.5, 0.6) is 5.75 Å². The van der Waals surface area contributed by atoms with Crippen LogP contribution in [0.4, 0.5) is 5.82 Å². The molecule has 1 unspecified atom stereocenters. The van der Waals surface area contributed by atoms with Crippen molar-refractivity contribution in [2.75, 3.05) is 5.32 Å². The molecule has 0 fully saturated rings. The van der Waals surface area contributed by atoms with E-state index in [2.05, 4.69) is 32.4 Å². The van der Waals surface area contributed by atoms with E-state index in [0.717, 1.165) is 20.7 Å². The van der Waals surface area contributed by atoms with Gasteiger partial charge in [0.05, 0.1) is 12.7 Å². The normalized spacial score (nSPS) is 15.8. The first kappa shape index (κ1) is 15.4. The molecule has 0 radical (unpaired) electrons. The van der Waals surface area contributed by atoms with Gasteiger partial charge in [0.15, 0.2) is 6.10 Å². The molecular weight excluding hydrogens is 390 g/mol. The fourth-order valence-corrected chi connectivity index (χ4v) is 4.12. The molecule has 2 aromatic heterocycles. The summed E-state index contributed by atoms with van der Waals surface area (Å²) in [5.74, 6) is 1.30. The predicted molar refractivity (Wildman–Crippen MR) is 96.5 cm³/mol. The Kier molecular flexibility index (Phi) is 4.12. The van der Waals surface area contributed by atoms with E-state index in [1.807, 2.05) is 29.6 Å². The average molecular weight is 404 g/mol. The molecule has 0 bridgehead atoms. The quantitative estimate of drug-likeness (QED) is 0.722. The Labute approximate surface area is 151 Å². The van der Waals surface area contributed by atoms with E-state index >= 15 is 0 Å². The number of hydrogen-bond acceptors (Lipinski definition) is 4. The molecule has 0 spiro atoms. The fraction of sp³-hybridized carbons (Fsp3) is 0.176. The fourth-order valence-electron chi connectivity index (χ4n) is 2.68. The molecule has 1 aromatic carbocycles. The van der Waals surface area contributed by atoms with E-state index < -0.39 is 6.10 Å². The lowest BCUT2D eigenvalue weighted by molar-refractivity contribution is -0.122. The number of nitrogens with zero attached hydrogens (tertiary/aromatic N) is 2. The molecule has 3 aromatic rings. The van der Waals surface area contributed by atoms with Crippen LogP contribution in [0, 0.1) is 0 Å². The topological polar surface area (TPSA) is 56.2 Å². The first-order valence-electron chi connectivity index (χ1n) is 7.49. The molecule has 24 heavy (non-hydrogen) atoms. The summed E-state index contributed by atoms with van der Waals surface area (Å²) in [5, 5.41) is 9.24. The minimum absolute atomic E-state index is 0.152. The molecule has 0 saturated heterocycles. The Hall–Kier alpha value is -2.12. The maximum absolute atomic E-state index is 12.5. The highest BCUT2D eigenvalue weighted by Crippen LogP contribution is 2.29. The molecule has 1 amide bonds. The summed E-state index contributed by atoms with van der Waals surface area (Å²) in [7, 11) is 0. The Morgan fingerprint density at radius 2 is 2.29 bits per heavy atom. The third-order valence-electron chi connectivity index (χ3n) is 3.83. The van der Waals surface area contributed by atoms with E-state index in [1.165, 1.54) is 0 Å². The second kappa shape index (κ2) is 6.41. The van der Waals surface area contributed by atoms with Gasteiger partial charge in [0.25, 0.3) is 5.91 Å². The summed E-state index contributed by atoms with van der Waals surface area (Å²) in [6, 6.07) is 11.6. The van der Waals surface area contributed by atoms with Gasteiger partial charge in [0, 0.05) is 27.2 Å². The molecule has 4 rings (SSSR count). The number of nitrogens with one attached hydrogen (secondary N) is 1. The number of hydrogen-bond donors (Lipinski definition) is 1. The zero-order chi connectivity index (χ0) is 16.5. The van der Waals surface area contributed by atoms with Crippen LogP contribution in [0.25, 0.3) is 0 Å². The van der Waals surface area contributed by atoms with Crippen molar-refractivity contribution in [1.82, 2.24) is 9.78 Å². The van der Waals surface area contributed by atoms with Gasteiger partial charge >= 0.3 is 0 Å². The number of carbonyl (C=O) groups is 1. The maximum Gasteiger partial charge on any atom is 0.266 e. The van der Waals surface area contributed by atoms with Crippen LogP contribution in [0.15, 0.2) is 52.4 Å². The lowest BCUT2D eigenvalue weighted by Crippen LogP contribution is -2.32. The van der Waals surface area contributed by atoms with Crippen molar-refractivity contribution in [1.29, 1.82) is 0 Å². The van der Waals surface area contributed by atoms with Crippen LogP contribution < -0.4 is 10.1 Å². The molecule has 1 aliphatic rings. The third-order valence-corrected chi connectivity index (χ3v) is 5.52. The highest BCUT2D eigenvalue weighted by Gasteiger charge is 2.29. The molecular formula is C17H14BrN3O2S. The van der Waals surface area contributed by atoms with Gasteiger partial charge in [0.1, 0.15) is 11.6 Å². The molecule has 5 nitrogen and oxygen atoms in total. The van der Waals surface area contributed by atoms with Crippen LogP contribution in [-0.2, 0) is 17.8 Å². The summed E-state index contributed by atoms with van der Waals surface area (Å²) < 4.78 is 8.56. The molecule has 3 heterocycles. The maximum atomic E-state index is 12.5. The van der Waals surface area contributed by atoms with E-state index in [-0.39, 0.29) is 5.91 Å². The van der Waals surface area contributed by atoms with E-state index in [4.69, 9.17) is 4.74 Å². The number of para-hydroxylation sites is 1. The number of halogens is 1. The minimum atomic E-state index is -0.498. The predicted octanol–water partition coefficient (Wildman–Crippen LogP) is 3.70. The summed E-state index contributed by atoms with van der Waals surface area (Å²) in [4.78, 5) is 13.7. The van der Waals surface area contributed by atoms with Crippen molar-refractivity contribution in [2.45, 2.75) is 19.1 Å². The number of ether oxygens (including phenoxy) is 1. The summed E-state index contributed by atoms with van der Waals surface area (Å²) >= 11 is 5.10. The van der Waals surface area contributed by atoms with E-state index in [0.29, 0.717) is 18.8 Å². The van der Waals surface area contributed by atoms with Crippen LogP contribution in [-0.4, -0.2) is 21.8 Å². The highest BCUT2D eigenvalue weighted by molar-refractivity contribution is 9.10. The van der Waals surface area contributed by atoms with Crippen molar-refractivity contribution in [3.05, 3.63) is 62.9 Å². The Morgan fingerprint density at radius 1 is 1.42 bits per heavy atom. The summed E-state index contributed by atoms with van der Waals surface area (Å²) in [5.41, 5.74) is 1.06. The smallest absolute Gasteiger partial charge is 0.266 e. The number of carbonyl (C=O) groups excluding carboxylic acids is 1. The summed E-state index contributed by atoms with van der Waals surface area (Å²) in [6.45, 7) is 0.616. The van der Waals surface area contributed by atoms with Crippen molar-refractivity contribution in [3.63, 3.8) is 0 Å². The number of anilines is 1. The van der Waals surface area contributed by atoms with Crippen LogP contribution in [0.2, 0.25) is 0 Å². The zero-order valence-electron chi connectivity index (χ0n) is 12.6. The van der Waals surface area contributed by atoms with Crippen LogP contribution in [0.3, 0.4) is 0 Å². The monoisotopic (exact) mass is 403 g/mol. The van der Waals surface area contributed by atoms with Gasteiger partial charge in [-0.05, 0) is 33.6 Å². The second-order valence-corrected chi connectivity index (χ2v) is 7.42. The first-order chi connectivity index (χ1) is 11.7. The molecule has 122 valence electrons. The Morgan fingerprint density at radius 3 is 3.08 bits per heavy atom. The lowest BCUT2D eigenvalue weighted by Gasteiger charge is -2.12. The number of rotatable bonds is 4. The number of aromatic nitrogens is 2. The molecule has 0 aliphatic carbocycles. The Bertz CT molecular complexity index is 864. The van der Waals surface area contributed by atoms with Gasteiger partial charge in [-0.15, -0.1) is 11.3 Å². The lowest BCUT2D eigenvalue weighted by atomic mass is 10.1. The second-order valence-electron chi connectivity index (χ2n) is 5.51. The average Bonchev–Trinajstić information content (AvgIpc) is 3.28. The molecule has 1 N–H and O–H groups in total. The molecule has 1 atom stereocenters. The van der Waals surface area contributed by atoms with E-state index in [1.54, 1.807) is 28.3 Å². The van der Waals surface area contributed by atoms with Crippen molar-refractivity contribution >= 4 is 39.0 Å². The van der Waals surface area contributed by atoms with Gasteiger partial charge in [-0.3, -0.25) is 4.79 Å². The minimum Gasteiger partial charge on any atom is -0.480 e. The van der Waals surface area contributed by atoms with Crippen molar-refractivity contribution in [3.8, 4) is 5.75 Å². The van der Waals surface area contributed by atoms with Crippen LogP contribution in [0.1, 0.15) is 10.4 Å². The first-order valence-corrected chi connectivity index (χ1v) is 9.16. The standard InChI is InChI=1S/C17H14BrN3O2S/c18-12-8-13(24-10-12)9-21-16(5-6-19-21)20-17(22)15-7-11-3-1-2-4-14(11)23-15/h1-6,8,10,15H,7,9H2,(H,20,22). The van der Waals surface area contributed by atoms with Crippen molar-refractivity contribution < 1.29 is 9.53 Å². The largest absolute Gasteiger partial charge is 0.480 e. The van der Waals surface area contributed by atoms with Crippen molar-refractivity contribution in [2.24, 2.45) is 0 Å². The van der Waals surface area contributed by atoms with Gasteiger partial charge in [-0.1, -0.05) is 18.2 Å². The number of amides is 1. The summed E-state index contributed by atoms with van der Waals surface area (Å²) in [6.07, 6.45) is 1.78. The van der Waals surface area contributed by atoms with Gasteiger partial charge in [0.2, 0.25) is 0 Å². The number of thiophene rings is 1. The molecule has 0 saturated carbocycles. The SMILES string of the molecule is O=C(Nc1ccnn1Cc1cc(Br)cs1)C1Cc2ccccc2O1. The van der Waals surface area contributed by atoms with E-state index in [9.17, 15) is 4.79 Å². The molecule has 1 aliphatic heterocycles.